The Kier molecular flexibility index (Phi) is 2.60. The molecule has 1 aromatic heterocycles. The van der Waals surface area contributed by atoms with Gasteiger partial charge in [0.25, 0.3) is 0 Å². The minimum absolute atomic E-state index is 0.0217. The zero-order valence-electron chi connectivity index (χ0n) is 7.69. The van der Waals surface area contributed by atoms with Crippen LogP contribution in [0.15, 0.2) is 10.7 Å². The van der Waals surface area contributed by atoms with Gasteiger partial charge >= 0.3 is 0 Å². The van der Waals surface area contributed by atoms with Crippen molar-refractivity contribution in [3.8, 4) is 0 Å². The molecule has 2 N–H and O–H groups in total. The predicted octanol–water partition coefficient (Wildman–Crippen LogP) is 1.91. The van der Waals surface area contributed by atoms with Crippen LogP contribution in [0.5, 0.6) is 0 Å². The summed E-state index contributed by atoms with van der Waals surface area (Å²) in [5.74, 6) is 3.74. The minimum atomic E-state index is -0.0217. The Morgan fingerprint density at radius 2 is 2.62 bits per heavy atom. The van der Waals surface area contributed by atoms with Crippen LogP contribution >= 0.6 is 11.8 Å². The predicted molar refractivity (Wildman–Crippen MR) is 53.8 cm³/mol. The summed E-state index contributed by atoms with van der Waals surface area (Å²) in [5.41, 5.74) is 6.57. The summed E-state index contributed by atoms with van der Waals surface area (Å²) < 4.78 is 5.41. The fourth-order valence-electron chi connectivity index (χ4n) is 1.43. The summed E-state index contributed by atoms with van der Waals surface area (Å²) in [7, 11) is 0. The van der Waals surface area contributed by atoms with E-state index < -0.39 is 0 Å². The van der Waals surface area contributed by atoms with E-state index >= 15 is 0 Å². The summed E-state index contributed by atoms with van der Waals surface area (Å²) in [6, 6.07) is -0.0217. The first-order valence-electron chi connectivity index (χ1n) is 4.56. The van der Waals surface area contributed by atoms with Crippen molar-refractivity contribution in [2.24, 2.45) is 5.73 Å². The number of thioether (sulfide) groups is 1. The second-order valence-corrected chi connectivity index (χ2v) is 4.61. The highest BCUT2D eigenvalue weighted by atomic mass is 32.2. The smallest absolute Gasteiger partial charge is 0.198 e. The average molecular weight is 198 g/mol. The number of nitrogens with two attached hydrogens (primary N) is 1. The molecule has 2 unspecified atom stereocenters. The van der Waals surface area contributed by atoms with Crippen molar-refractivity contribution in [1.82, 2.24) is 4.98 Å². The normalized spacial score (nSPS) is 24.9. The van der Waals surface area contributed by atoms with Gasteiger partial charge in [0.15, 0.2) is 5.89 Å². The lowest BCUT2D eigenvalue weighted by Crippen LogP contribution is -2.06. The largest absolute Gasteiger partial charge is 0.448 e. The van der Waals surface area contributed by atoms with Gasteiger partial charge < -0.3 is 10.2 Å². The summed E-state index contributed by atoms with van der Waals surface area (Å²) in [6.45, 7) is 1.92. The van der Waals surface area contributed by atoms with E-state index in [0.717, 1.165) is 17.3 Å². The van der Waals surface area contributed by atoms with E-state index in [0.29, 0.717) is 5.92 Å². The fourth-order valence-corrected chi connectivity index (χ4v) is 2.64. The van der Waals surface area contributed by atoms with E-state index in [9.17, 15) is 0 Å². The molecule has 0 saturated carbocycles. The molecule has 0 spiro atoms. The molecule has 2 rings (SSSR count). The molecule has 0 aliphatic carbocycles. The maximum Gasteiger partial charge on any atom is 0.198 e. The van der Waals surface area contributed by atoms with Gasteiger partial charge in [-0.3, -0.25) is 0 Å². The highest BCUT2D eigenvalue weighted by Crippen LogP contribution is 2.32. The van der Waals surface area contributed by atoms with Gasteiger partial charge in [-0.1, -0.05) is 0 Å². The Labute approximate surface area is 82.1 Å². The second-order valence-electron chi connectivity index (χ2n) is 3.46. The molecule has 2 heterocycles. The summed E-state index contributed by atoms with van der Waals surface area (Å²) in [5, 5.41) is 0. The van der Waals surface area contributed by atoms with Gasteiger partial charge in [-0.05, 0) is 19.1 Å². The van der Waals surface area contributed by atoms with Gasteiger partial charge in [0.05, 0.1) is 5.69 Å². The Bertz CT molecular complexity index is 279. The Morgan fingerprint density at radius 3 is 3.15 bits per heavy atom. The van der Waals surface area contributed by atoms with Gasteiger partial charge in [0, 0.05) is 17.7 Å². The van der Waals surface area contributed by atoms with E-state index in [1.807, 2.05) is 18.7 Å². The number of hydrogen-bond acceptors (Lipinski definition) is 4. The molecule has 1 saturated heterocycles. The van der Waals surface area contributed by atoms with E-state index in [4.69, 9.17) is 10.2 Å². The van der Waals surface area contributed by atoms with Crippen LogP contribution < -0.4 is 5.73 Å². The van der Waals surface area contributed by atoms with E-state index in [2.05, 4.69) is 4.98 Å². The van der Waals surface area contributed by atoms with Crippen molar-refractivity contribution in [3.05, 3.63) is 17.8 Å². The van der Waals surface area contributed by atoms with E-state index in [1.165, 1.54) is 12.2 Å². The Hall–Kier alpha value is -0.480. The van der Waals surface area contributed by atoms with E-state index in [-0.39, 0.29) is 6.04 Å². The fraction of sp³-hybridized carbons (Fsp3) is 0.667. The lowest BCUT2D eigenvalue weighted by Gasteiger charge is -2.00. The van der Waals surface area contributed by atoms with Crippen molar-refractivity contribution >= 4 is 11.8 Å². The topological polar surface area (TPSA) is 52.0 Å². The SMILES string of the molecule is CC(N)c1coc(C2CCSC2)n1. The monoisotopic (exact) mass is 198 g/mol. The quantitative estimate of drug-likeness (QED) is 0.788. The maximum atomic E-state index is 5.70. The first-order chi connectivity index (χ1) is 6.27. The van der Waals surface area contributed by atoms with E-state index in [1.54, 1.807) is 6.26 Å². The number of rotatable bonds is 2. The van der Waals surface area contributed by atoms with Crippen LogP contribution in [0.2, 0.25) is 0 Å². The molecule has 0 bridgehead atoms. The van der Waals surface area contributed by atoms with Crippen molar-refractivity contribution in [1.29, 1.82) is 0 Å². The molecule has 4 heteroatoms. The highest BCUT2D eigenvalue weighted by molar-refractivity contribution is 7.99. The maximum absolute atomic E-state index is 5.70. The molecule has 13 heavy (non-hydrogen) atoms. The van der Waals surface area contributed by atoms with Crippen LogP contribution in [0, 0.1) is 0 Å². The Morgan fingerprint density at radius 1 is 1.77 bits per heavy atom. The molecule has 1 aromatic rings. The number of hydrogen-bond donors (Lipinski definition) is 1. The third-order valence-corrected chi connectivity index (χ3v) is 3.45. The number of nitrogens with zero attached hydrogens (tertiary/aromatic N) is 1. The molecular formula is C9H14N2OS. The zero-order chi connectivity index (χ0) is 9.26. The number of oxazole rings is 1. The molecule has 0 aromatic carbocycles. The van der Waals surface area contributed by atoms with Gasteiger partial charge in [-0.15, -0.1) is 0 Å². The first-order valence-corrected chi connectivity index (χ1v) is 5.71. The van der Waals surface area contributed by atoms with Crippen molar-refractivity contribution in [2.75, 3.05) is 11.5 Å². The van der Waals surface area contributed by atoms with Crippen LogP contribution in [-0.2, 0) is 0 Å². The summed E-state index contributed by atoms with van der Waals surface area (Å²) in [4.78, 5) is 4.39. The lowest BCUT2D eigenvalue weighted by atomic mass is 10.1. The lowest BCUT2D eigenvalue weighted by molar-refractivity contribution is 0.461. The van der Waals surface area contributed by atoms with Gasteiger partial charge in [-0.25, -0.2) is 4.98 Å². The van der Waals surface area contributed by atoms with Gasteiger partial charge in [-0.2, -0.15) is 11.8 Å². The molecule has 3 nitrogen and oxygen atoms in total. The Balaban J connectivity index is 2.12. The minimum Gasteiger partial charge on any atom is -0.448 e. The number of aromatic nitrogens is 1. The third kappa shape index (κ3) is 1.89. The van der Waals surface area contributed by atoms with Crippen molar-refractivity contribution in [3.63, 3.8) is 0 Å². The zero-order valence-corrected chi connectivity index (χ0v) is 8.51. The first kappa shape index (κ1) is 9.09. The molecular weight excluding hydrogens is 184 g/mol. The van der Waals surface area contributed by atoms with Gasteiger partial charge in [0.1, 0.15) is 6.26 Å². The summed E-state index contributed by atoms with van der Waals surface area (Å²) in [6.07, 6.45) is 2.87. The van der Waals surface area contributed by atoms with Crippen LogP contribution in [0.4, 0.5) is 0 Å². The van der Waals surface area contributed by atoms with Crippen LogP contribution in [0.1, 0.15) is 36.9 Å². The molecule has 2 atom stereocenters. The van der Waals surface area contributed by atoms with Crippen molar-refractivity contribution < 1.29 is 4.42 Å². The van der Waals surface area contributed by atoms with Crippen molar-refractivity contribution in [2.45, 2.75) is 25.3 Å². The second kappa shape index (κ2) is 3.72. The molecule has 1 aliphatic rings. The van der Waals surface area contributed by atoms with Crippen LogP contribution in [-0.4, -0.2) is 16.5 Å². The third-order valence-electron chi connectivity index (χ3n) is 2.29. The summed E-state index contributed by atoms with van der Waals surface area (Å²) >= 11 is 1.96. The molecule has 72 valence electrons. The molecule has 1 aliphatic heterocycles. The average Bonchev–Trinajstić information content (AvgIpc) is 2.75. The molecule has 0 amide bonds. The van der Waals surface area contributed by atoms with Crippen LogP contribution in [0.3, 0.4) is 0 Å². The standard InChI is InChI=1S/C9H14N2OS/c1-6(10)8-4-12-9(11-8)7-2-3-13-5-7/h4,6-7H,2-3,5,10H2,1H3. The van der Waals surface area contributed by atoms with Crippen LogP contribution in [0.25, 0.3) is 0 Å². The van der Waals surface area contributed by atoms with Gasteiger partial charge in [0.2, 0.25) is 0 Å². The highest BCUT2D eigenvalue weighted by Gasteiger charge is 2.22. The molecule has 1 fully saturated rings. The molecule has 0 radical (unpaired) electrons.